The fourth-order valence-corrected chi connectivity index (χ4v) is 11.7. The predicted octanol–water partition coefficient (Wildman–Crippen LogP) is 0.154. The summed E-state index contributed by atoms with van der Waals surface area (Å²) >= 11 is 0. The van der Waals surface area contributed by atoms with Gasteiger partial charge in [0.05, 0.1) is 32.0 Å². The minimum Gasteiger partial charge on any atom is -0.445 e. The molecule has 3 fully saturated rings. The molecule has 5 aromatic rings. The van der Waals surface area contributed by atoms with E-state index in [4.69, 9.17) is 43.8 Å². The van der Waals surface area contributed by atoms with Gasteiger partial charge in [-0.1, -0.05) is 26.0 Å². The Hall–Kier alpha value is -8.29. The molecule has 8 amide bonds. The van der Waals surface area contributed by atoms with E-state index in [1.807, 2.05) is 0 Å². The number of alkyl halides is 2. The lowest BCUT2D eigenvalue weighted by molar-refractivity contribution is -0.137. The Morgan fingerprint density at radius 1 is 0.778 bits per heavy atom. The van der Waals surface area contributed by atoms with Gasteiger partial charge in [0, 0.05) is 50.4 Å². The molecule has 4 aromatic heterocycles. The van der Waals surface area contributed by atoms with Crippen molar-refractivity contribution in [2.75, 3.05) is 55.8 Å². The number of urea groups is 1. The van der Waals surface area contributed by atoms with E-state index >= 15 is 8.78 Å². The summed E-state index contributed by atoms with van der Waals surface area (Å²) < 4.78 is 99.3. The van der Waals surface area contributed by atoms with E-state index in [9.17, 15) is 57.6 Å². The number of nitrogens with zero attached hydrogens (tertiary/aromatic N) is 9. The third-order valence-electron chi connectivity index (χ3n) is 14.3. The van der Waals surface area contributed by atoms with Crippen LogP contribution in [0.1, 0.15) is 57.6 Å². The summed E-state index contributed by atoms with van der Waals surface area (Å²) in [5, 5.41) is 26.6. The van der Waals surface area contributed by atoms with E-state index in [0.717, 1.165) is 51.5 Å². The second-order valence-electron chi connectivity index (χ2n) is 21.0. The van der Waals surface area contributed by atoms with E-state index < -0.39 is 144 Å². The van der Waals surface area contributed by atoms with Crippen LogP contribution in [0.25, 0.3) is 22.3 Å². The number of rotatable bonds is 23. The Balaban J connectivity index is 0.742. The SMILES string of the molecule is CC(C)[C@H](NC(=O)CCN1C(=O)C=CC1=O)C(=O)N[C@@H](CCCCNC(N)=O)C(=O)Nc1ccc(COC(=O)NCC(O)CNc2ncnc3c2ncn3[C@@H]2O[C@@H]3COP(=O)(O)O[C@H]4[C@@H](F)[C@H](n5cnc6c(N)ncnc65)O[C@@H]4COP(=O)(O)O[C@H]3[C@H]2F)cc1. The molecule has 9 rings (SSSR count). The zero-order valence-electron chi connectivity index (χ0n) is 47.7. The molecule has 90 heavy (non-hydrogen) atoms. The number of aliphatic hydroxyl groups excluding tert-OH is 1. The van der Waals surface area contributed by atoms with Crippen molar-refractivity contribution in [3.8, 4) is 0 Å². The van der Waals surface area contributed by atoms with Gasteiger partial charge in [0.15, 0.2) is 53.2 Å². The largest absolute Gasteiger partial charge is 0.472 e. The number of aliphatic hydroxyl groups is 1. The Bertz CT molecular complexity index is 3590. The maximum Gasteiger partial charge on any atom is 0.472 e. The van der Waals surface area contributed by atoms with Crippen molar-refractivity contribution in [3.05, 3.63) is 67.3 Å². The number of aromatic nitrogens is 8. The third kappa shape index (κ3) is 16.2. The van der Waals surface area contributed by atoms with Crippen LogP contribution in [-0.4, -0.2) is 195 Å². The average molecular weight is 1310 g/mol. The van der Waals surface area contributed by atoms with E-state index in [1.165, 1.54) is 12.1 Å². The number of imidazole rings is 2. The monoisotopic (exact) mass is 1310 g/mol. The molecule has 40 heteroatoms. The average Bonchev–Trinajstić information content (AvgIpc) is 1.63. The van der Waals surface area contributed by atoms with Crippen LogP contribution < -0.4 is 43.4 Å². The first-order valence-electron chi connectivity index (χ1n) is 27.7. The summed E-state index contributed by atoms with van der Waals surface area (Å²) in [6.45, 7) is 0.525. The molecule has 3 unspecified atom stereocenters. The number of fused-ring (bicyclic) bond motifs is 4. The number of alkyl carbamates (subject to hydrolysis) is 1. The zero-order chi connectivity index (χ0) is 64.6. The van der Waals surface area contributed by atoms with Crippen molar-refractivity contribution in [2.45, 2.75) is 114 Å². The van der Waals surface area contributed by atoms with Crippen molar-refractivity contribution in [1.82, 2.24) is 65.2 Å². The van der Waals surface area contributed by atoms with Crippen LogP contribution in [-0.2, 0) is 72.0 Å². The van der Waals surface area contributed by atoms with Crippen molar-refractivity contribution in [1.29, 1.82) is 0 Å². The topological polar surface area (TPSA) is 494 Å². The van der Waals surface area contributed by atoms with Gasteiger partial charge in [-0.05, 0) is 42.9 Å². The summed E-state index contributed by atoms with van der Waals surface area (Å²) in [4.78, 5) is 135. The fraction of sp³-hybridized carbons (Fsp3) is 0.500. The molecule has 8 heterocycles. The first kappa shape index (κ1) is 66.1. The molecule has 1 aromatic carbocycles. The van der Waals surface area contributed by atoms with Crippen molar-refractivity contribution in [3.63, 3.8) is 0 Å². The van der Waals surface area contributed by atoms with Crippen LogP contribution in [0.3, 0.4) is 0 Å². The quantitative estimate of drug-likeness (QED) is 0.0236. The number of hydrogen-bond donors (Lipinski definition) is 11. The highest BCUT2D eigenvalue weighted by Gasteiger charge is 2.55. The van der Waals surface area contributed by atoms with Crippen molar-refractivity contribution < 1.29 is 98.7 Å². The number of phosphoric ester groups is 2. The minimum atomic E-state index is -5.30. The van der Waals surface area contributed by atoms with Gasteiger partial charge in [0.1, 0.15) is 61.3 Å². The molecule has 0 spiro atoms. The van der Waals surface area contributed by atoms with Gasteiger partial charge in [-0.25, -0.2) is 57.4 Å². The number of nitrogens with two attached hydrogens (primary N) is 2. The Labute approximate surface area is 507 Å². The number of nitrogen functional groups attached to an aromatic ring is 1. The molecule has 0 bridgehead atoms. The highest BCUT2D eigenvalue weighted by Crippen LogP contribution is 2.54. The molecule has 0 radical (unpaired) electrons. The zero-order valence-corrected chi connectivity index (χ0v) is 49.5. The highest BCUT2D eigenvalue weighted by molar-refractivity contribution is 7.47. The van der Waals surface area contributed by atoms with E-state index in [1.54, 1.807) is 26.0 Å². The van der Waals surface area contributed by atoms with Crippen molar-refractivity contribution >= 4 is 97.0 Å². The van der Waals surface area contributed by atoms with E-state index in [-0.39, 0.29) is 79.6 Å². The summed E-state index contributed by atoms with van der Waals surface area (Å²) in [5.74, 6) is -3.50. The number of benzene rings is 1. The molecular weight excluding hydrogens is 1240 g/mol. The van der Waals surface area contributed by atoms with Crippen LogP contribution in [0.4, 0.5) is 35.7 Å². The van der Waals surface area contributed by atoms with E-state index in [2.05, 4.69) is 61.8 Å². The van der Waals surface area contributed by atoms with Gasteiger partial charge in [-0.3, -0.25) is 56.1 Å². The lowest BCUT2D eigenvalue weighted by Crippen LogP contribution is -2.54. The molecule has 13 atom stereocenters. The van der Waals surface area contributed by atoms with E-state index in [0.29, 0.717) is 24.1 Å². The molecule has 4 aliphatic rings. The van der Waals surface area contributed by atoms with Gasteiger partial charge in [0.2, 0.25) is 17.7 Å². The Kier molecular flexibility index (Phi) is 21.1. The fourth-order valence-electron chi connectivity index (χ4n) is 9.75. The molecular formula is C50H63F2N17O19P2. The summed E-state index contributed by atoms with van der Waals surface area (Å²) in [6.07, 6.45) is -10.5. The number of anilines is 3. The number of carbonyl (C=O) groups excluding carboxylic acids is 7. The minimum absolute atomic E-state index is 0.0108. The molecule has 0 aliphatic carbocycles. The first-order valence-corrected chi connectivity index (χ1v) is 30.7. The number of nitrogens with one attached hydrogen (secondary N) is 6. The highest BCUT2D eigenvalue weighted by atomic mass is 31.2. The number of primary amides is 1. The number of ether oxygens (including phenoxy) is 3. The number of carbonyl (C=O) groups is 7. The molecule has 3 saturated heterocycles. The first-order chi connectivity index (χ1) is 42.8. The molecule has 486 valence electrons. The molecule has 0 saturated carbocycles. The van der Waals surface area contributed by atoms with Gasteiger partial charge < -0.3 is 72.5 Å². The molecule has 4 aliphatic heterocycles. The van der Waals surface area contributed by atoms with Crippen LogP contribution in [0.5, 0.6) is 0 Å². The van der Waals surface area contributed by atoms with Gasteiger partial charge in [0.25, 0.3) is 11.8 Å². The summed E-state index contributed by atoms with van der Waals surface area (Å²) in [5.41, 5.74) is 11.8. The number of hydrogen-bond acceptors (Lipinski definition) is 25. The van der Waals surface area contributed by atoms with Gasteiger partial charge >= 0.3 is 27.8 Å². The van der Waals surface area contributed by atoms with Gasteiger partial charge in [-0.15, -0.1) is 0 Å². The van der Waals surface area contributed by atoms with Crippen LogP contribution in [0.15, 0.2) is 61.7 Å². The number of phosphoric acid groups is 2. The van der Waals surface area contributed by atoms with Crippen LogP contribution >= 0.6 is 15.6 Å². The van der Waals surface area contributed by atoms with Gasteiger partial charge in [-0.2, -0.15) is 0 Å². The maximum atomic E-state index is 16.6. The maximum absolute atomic E-state index is 16.6. The van der Waals surface area contributed by atoms with Crippen molar-refractivity contribution in [2.24, 2.45) is 11.7 Å². The lowest BCUT2D eigenvalue weighted by atomic mass is 10.0. The number of halogens is 2. The second kappa shape index (κ2) is 28.7. The Morgan fingerprint density at radius 3 is 1.97 bits per heavy atom. The normalized spacial score (nSPS) is 26.2. The third-order valence-corrected chi connectivity index (χ3v) is 16.3. The number of amides is 8. The lowest BCUT2D eigenvalue weighted by Gasteiger charge is -2.27. The summed E-state index contributed by atoms with van der Waals surface area (Å²) in [6, 6.07) is 3.19. The number of imide groups is 1. The van der Waals surface area contributed by atoms with Crippen LogP contribution in [0.2, 0.25) is 0 Å². The second-order valence-corrected chi connectivity index (χ2v) is 23.9. The predicted molar refractivity (Wildman–Crippen MR) is 302 cm³/mol. The van der Waals surface area contributed by atoms with Crippen LogP contribution in [0, 0.1) is 5.92 Å². The molecule has 13 N–H and O–H groups in total. The smallest absolute Gasteiger partial charge is 0.445 e. The standard InChI is InChI=1S/C50H63F2N17O19P2/c1-24(2)36(66-31(71)12-14-67-32(72)10-11-33(67)73)46(75)65-28(5-3-4-13-55-49(54)76)45(74)64-26-8-6-25(7-9-26)17-82-50(77)57-16-27(70)15-56-42-38-44(61-21-59-42)69(23-63-38)48-35(52)40-30(86-48)19-84-89(78,79)87-39-29(18-83-90(80,81)88-40)85-47(34(39)51)68-22-62-37-41(53)58-20-60-43(37)68/h6-11,20-24,27-30,34-36,39-40,47-48,70H,3-5,12-19H2,1-2H3,(H,57,77)(H,64,74)(H,65,75)(H,66,71)(H,78,79)(H,80,81)(H2,53,58,60)(H3,54,55,76)(H,56,59,61)/t27?,28-,29+,30+,34+,35+,36-,39+,40+,47+,48+/m0/s1. The number of unbranched alkanes of at least 4 members (excludes halogenated alkanes) is 1. The summed E-state index contributed by atoms with van der Waals surface area (Å²) in [7, 11) is -10.6. The Morgan fingerprint density at radius 2 is 1.37 bits per heavy atom. The molecule has 36 nitrogen and oxygen atoms in total.